The first kappa shape index (κ1) is 34.8. The third-order valence-electron chi connectivity index (χ3n) is 10.3. The summed E-state index contributed by atoms with van der Waals surface area (Å²) in [6.45, 7) is 16.1. The SMILES string of the molecule is C/C1=C/C=C/[C@H](C)[C@H](O)[C@@H](C)[C@@H](O)[C@@H](C)[C@H](C)[C@H](C)[C@@H](C)/C=C/O[C@@]2(C)Oc3c(C)c(O)c4c(c3C2=O)C(=O)C=C(NC1=O)C4=O. The highest BCUT2D eigenvalue weighted by Crippen LogP contribution is 2.48. The van der Waals surface area contributed by atoms with E-state index < -0.39 is 58.5 Å². The molecule has 3 aliphatic heterocycles. The molecule has 0 saturated carbocycles. The van der Waals surface area contributed by atoms with Gasteiger partial charge in [0.2, 0.25) is 5.78 Å². The fraction of sp³-hybridized carbons (Fsp3) is 0.500. The molecular weight excluding hydrogens is 590 g/mol. The molecule has 9 atom stereocenters. The molecule has 5 rings (SSSR count). The van der Waals surface area contributed by atoms with E-state index in [1.54, 1.807) is 18.2 Å². The number of ketones is 3. The molecule has 1 aromatic rings. The number of phenolic OH excluding ortho intramolecular Hbond substituents is 1. The molecule has 0 radical (unpaired) electrons. The quantitative estimate of drug-likeness (QED) is 0.309. The van der Waals surface area contributed by atoms with Crippen molar-refractivity contribution in [1.82, 2.24) is 5.32 Å². The third kappa shape index (κ3) is 6.08. The number of nitrogens with one attached hydrogen (secondary N) is 1. The van der Waals surface area contributed by atoms with Gasteiger partial charge in [-0.1, -0.05) is 59.8 Å². The molecule has 46 heavy (non-hydrogen) atoms. The van der Waals surface area contributed by atoms with E-state index in [0.717, 1.165) is 6.08 Å². The van der Waals surface area contributed by atoms with Gasteiger partial charge in [0.15, 0.2) is 5.78 Å². The molecule has 3 heterocycles. The normalized spacial score (nSPS) is 36.6. The van der Waals surface area contributed by atoms with Gasteiger partial charge in [-0.3, -0.25) is 19.2 Å². The van der Waals surface area contributed by atoms with Crippen molar-refractivity contribution in [2.75, 3.05) is 0 Å². The summed E-state index contributed by atoms with van der Waals surface area (Å²) in [5.41, 5.74) is -0.937. The number of aliphatic hydroxyl groups excluding tert-OH is 2. The molecule has 4 aliphatic rings. The lowest BCUT2D eigenvalue weighted by Gasteiger charge is -2.36. The number of carbonyl (C=O) groups is 4. The van der Waals surface area contributed by atoms with Crippen molar-refractivity contribution in [3.05, 3.63) is 70.2 Å². The average Bonchev–Trinajstić information content (AvgIpc) is 3.28. The second-order valence-corrected chi connectivity index (χ2v) is 13.3. The van der Waals surface area contributed by atoms with Crippen LogP contribution < -0.4 is 10.1 Å². The lowest BCUT2D eigenvalue weighted by molar-refractivity contribution is -0.116. The Hall–Kier alpha value is -4.02. The zero-order valence-corrected chi connectivity index (χ0v) is 27.9. The second-order valence-electron chi connectivity index (χ2n) is 13.3. The number of rotatable bonds is 0. The molecule has 4 N–H and O–H groups in total. The molecule has 1 amide bonds. The number of ether oxygens (including phenoxy) is 2. The Morgan fingerprint density at radius 2 is 1.46 bits per heavy atom. The van der Waals surface area contributed by atoms with Gasteiger partial charge in [0.25, 0.3) is 11.7 Å². The predicted molar refractivity (Wildman–Crippen MR) is 171 cm³/mol. The molecule has 0 fully saturated rings. The van der Waals surface area contributed by atoms with Crippen molar-refractivity contribution >= 4 is 23.3 Å². The molecule has 1 aliphatic carbocycles. The maximum Gasteiger partial charge on any atom is 0.312 e. The summed E-state index contributed by atoms with van der Waals surface area (Å²) in [4.78, 5) is 53.7. The molecular formula is C36H45NO9. The minimum Gasteiger partial charge on any atom is -0.507 e. The van der Waals surface area contributed by atoms with Gasteiger partial charge in [0.1, 0.15) is 11.5 Å². The highest BCUT2D eigenvalue weighted by atomic mass is 16.7. The monoisotopic (exact) mass is 635 g/mol. The number of benzene rings is 1. The number of phenols is 1. The Morgan fingerprint density at radius 1 is 0.804 bits per heavy atom. The fourth-order valence-corrected chi connectivity index (χ4v) is 6.38. The highest BCUT2D eigenvalue weighted by molar-refractivity contribution is 6.30. The summed E-state index contributed by atoms with van der Waals surface area (Å²) in [7, 11) is 0. The van der Waals surface area contributed by atoms with Crippen LogP contribution in [0.25, 0.3) is 0 Å². The van der Waals surface area contributed by atoms with Gasteiger partial charge in [0, 0.05) is 36.0 Å². The molecule has 5 bridgehead atoms. The number of aromatic hydroxyl groups is 1. The van der Waals surface area contributed by atoms with Gasteiger partial charge in [0.05, 0.1) is 40.9 Å². The van der Waals surface area contributed by atoms with Gasteiger partial charge in [-0.2, -0.15) is 0 Å². The Bertz CT molecular complexity index is 1580. The van der Waals surface area contributed by atoms with Crippen molar-refractivity contribution in [2.24, 2.45) is 35.5 Å². The number of carbonyl (C=O) groups excluding carboxylic acids is 4. The minimum atomic E-state index is -1.88. The van der Waals surface area contributed by atoms with Crippen LogP contribution in [0.1, 0.15) is 92.0 Å². The van der Waals surface area contributed by atoms with Crippen molar-refractivity contribution < 1.29 is 44.0 Å². The van der Waals surface area contributed by atoms with Crippen molar-refractivity contribution in [3.63, 3.8) is 0 Å². The lowest BCUT2D eigenvalue weighted by Crippen LogP contribution is -2.40. The topological polar surface area (TPSA) is 159 Å². The van der Waals surface area contributed by atoms with E-state index >= 15 is 0 Å². The van der Waals surface area contributed by atoms with Gasteiger partial charge in [-0.25, -0.2) is 0 Å². The average molecular weight is 636 g/mol. The second kappa shape index (κ2) is 13.0. The van der Waals surface area contributed by atoms with Crippen LogP contribution in [0.15, 0.2) is 47.9 Å². The first-order valence-corrected chi connectivity index (χ1v) is 15.7. The van der Waals surface area contributed by atoms with E-state index in [1.165, 1.54) is 33.1 Å². The zero-order valence-electron chi connectivity index (χ0n) is 27.9. The zero-order chi connectivity index (χ0) is 34.4. The maximum absolute atomic E-state index is 13.8. The van der Waals surface area contributed by atoms with Crippen LogP contribution in [0.3, 0.4) is 0 Å². The Labute approximate surface area is 269 Å². The van der Waals surface area contributed by atoms with Crippen LogP contribution in [0, 0.1) is 42.4 Å². The molecule has 0 aromatic heterocycles. The summed E-state index contributed by atoms with van der Waals surface area (Å²) in [5.74, 6) is -6.32. The van der Waals surface area contributed by atoms with Crippen LogP contribution in [-0.4, -0.2) is 56.6 Å². The van der Waals surface area contributed by atoms with Crippen LogP contribution in [0.5, 0.6) is 11.5 Å². The fourth-order valence-electron chi connectivity index (χ4n) is 6.38. The lowest BCUT2D eigenvalue weighted by atomic mass is 9.72. The first-order chi connectivity index (χ1) is 21.4. The van der Waals surface area contributed by atoms with E-state index in [-0.39, 0.29) is 63.3 Å². The van der Waals surface area contributed by atoms with Crippen LogP contribution in [0.4, 0.5) is 0 Å². The van der Waals surface area contributed by atoms with Crippen LogP contribution >= 0.6 is 0 Å². The summed E-state index contributed by atoms with van der Waals surface area (Å²) in [5, 5.41) is 35.8. The summed E-state index contributed by atoms with van der Waals surface area (Å²) in [6, 6.07) is 0. The van der Waals surface area contributed by atoms with Gasteiger partial charge < -0.3 is 30.1 Å². The largest absolute Gasteiger partial charge is 0.507 e. The van der Waals surface area contributed by atoms with E-state index in [9.17, 15) is 34.5 Å². The molecule has 0 unspecified atom stereocenters. The van der Waals surface area contributed by atoms with E-state index in [4.69, 9.17) is 9.47 Å². The smallest absolute Gasteiger partial charge is 0.312 e. The molecule has 10 nitrogen and oxygen atoms in total. The Balaban J connectivity index is 1.79. The Morgan fingerprint density at radius 3 is 2.11 bits per heavy atom. The van der Waals surface area contributed by atoms with Crippen LogP contribution in [-0.2, 0) is 9.53 Å². The number of aliphatic hydroxyl groups is 2. The van der Waals surface area contributed by atoms with Crippen LogP contribution in [0.2, 0.25) is 0 Å². The summed E-state index contributed by atoms with van der Waals surface area (Å²) < 4.78 is 11.8. The number of allylic oxidation sites excluding steroid dienone is 5. The van der Waals surface area contributed by atoms with Crippen molar-refractivity contribution in [1.29, 1.82) is 0 Å². The van der Waals surface area contributed by atoms with Gasteiger partial charge in [-0.05, 0) is 43.6 Å². The number of hydrogen-bond acceptors (Lipinski definition) is 9. The van der Waals surface area contributed by atoms with Gasteiger partial charge in [-0.15, -0.1) is 0 Å². The standard InChI is InChI=1S/C36H45NO9/c1-16-13-14-45-36(9)34(43)28-26-25(38)15-24(32(42)27(26)31(41)23(8)33(28)46-36)37-35(44)18(3)12-10-11-17(2)29(39)22(7)30(40)21(6)20(5)19(16)4/h10-17,19-22,29-30,39-41H,1-9H3,(H,37,44)/b11-10+,14-13+,18-12-/t16-,17-,19+,20+,21-,22+,29-,30-,36-/m0/s1. The van der Waals surface area contributed by atoms with E-state index in [1.807, 2.05) is 34.6 Å². The number of Topliss-reactive ketones (excluding diaryl/α,β-unsaturated/α-hetero) is 2. The molecule has 248 valence electrons. The third-order valence-corrected chi connectivity index (χ3v) is 10.3. The molecule has 0 spiro atoms. The van der Waals surface area contributed by atoms with E-state index in [0.29, 0.717) is 0 Å². The van der Waals surface area contributed by atoms with Gasteiger partial charge >= 0.3 is 5.79 Å². The molecule has 10 heteroatoms. The first-order valence-electron chi connectivity index (χ1n) is 15.7. The van der Waals surface area contributed by atoms with Crippen molar-refractivity contribution in [2.45, 2.75) is 80.3 Å². The molecule has 0 saturated heterocycles. The number of hydrogen-bond donors (Lipinski definition) is 4. The van der Waals surface area contributed by atoms with E-state index in [2.05, 4.69) is 12.2 Å². The number of fused-ring (bicyclic) bond motifs is 14. The summed E-state index contributed by atoms with van der Waals surface area (Å²) in [6.07, 6.45) is 7.28. The predicted octanol–water partition coefficient (Wildman–Crippen LogP) is 4.96. The maximum atomic E-state index is 13.8. The molecule has 1 aromatic carbocycles. The summed E-state index contributed by atoms with van der Waals surface area (Å²) >= 11 is 0. The number of amides is 1. The highest BCUT2D eigenvalue weighted by Gasteiger charge is 2.51. The van der Waals surface area contributed by atoms with Crippen molar-refractivity contribution in [3.8, 4) is 11.5 Å². The minimum absolute atomic E-state index is 0.0348. The Kier molecular flexibility index (Phi) is 9.85.